The average Bonchev–Trinajstić information content (AvgIpc) is 2.83. The van der Waals surface area contributed by atoms with E-state index in [4.69, 9.17) is 0 Å². The third kappa shape index (κ3) is 4.49. The van der Waals surface area contributed by atoms with Crippen molar-refractivity contribution < 1.29 is 14.7 Å². The molecule has 2 aliphatic rings. The predicted molar refractivity (Wildman–Crippen MR) is 137 cm³/mol. The smallest absolute Gasteiger partial charge is 0.407 e. The Balaban J connectivity index is 1.69. The maximum Gasteiger partial charge on any atom is 0.407 e. The molecule has 2 aromatic rings. The lowest BCUT2D eigenvalue weighted by molar-refractivity contribution is -0.129. The van der Waals surface area contributed by atoms with E-state index in [2.05, 4.69) is 41.3 Å². The maximum absolute atomic E-state index is 12.8. The molecule has 2 aromatic carbocycles. The zero-order valence-electron chi connectivity index (χ0n) is 21.0. The summed E-state index contributed by atoms with van der Waals surface area (Å²) in [6, 6.07) is 14.7. The second kappa shape index (κ2) is 9.88. The summed E-state index contributed by atoms with van der Waals surface area (Å²) in [7, 11) is 1.95. The number of hydrogen-bond acceptors (Lipinski definition) is 3. The van der Waals surface area contributed by atoms with Gasteiger partial charge in [-0.15, -0.1) is 0 Å². The Morgan fingerprint density at radius 2 is 1.71 bits per heavy atom. The molecule has 6 nitrogen and oxygen atoms in total. The molecule has 1 fully saturated rings. The summed E-state index contributed by atoms with van der Waals surface area (Å²) in [5.74, 6) is 0.0698. The van der Waals surface area contributed by atoms with Crippen LogP contribution in [-0.2, 0) is 11.3 Å². The Morgan fingerprint density at radius 3 is 2.29 bits per heavy atom. The van der Waals surface area contributed by atoms with Crippen LogP contribution in [0.15, 0.2) is 42.5 Å². The molecule has 0 bridgehead atoms. The summed E-state index contributed by atoms with van der Waals surface area (Å²) in [5, 5.41) is 9.88. The van der Waals surface area contributed by atoms with Gasteiger partial charge in [0, 0.05) is 31.1 Å². The summed E-state index contributed by atoms with van der Waals surface area (Å²) in [6.45, 7) is 9.30. The SMILES string of the molecule is CCN(C(=O)O)C1C[C@H](C)[N@+](C)(C(C)=O)c2ccc(-c3ccc(CN4CCCCC4)cc3)cc21. The highest BCUT2D eigenvalue weighted by Gasteiger charge is 2.47. The molecule has 0 radical (unpaired) electrons. The van der Waals surface area contributed by atoms with Crippen LogP contribution in [-0.4, -0.2) is 59.6 Å². The van der Waals surface area contributed by atoms with Crippen LogP contribution < -0.4 is 4.48 Å². The second-order valence-electron chi connectivity index (χ2n) is 10.1. The van der Waals surface area contributed by atoms with Gasteiger partial charge in [-0.25, -0.2) is 14.1 Å². The van der Waals surface area contributed by atoms with E-state index in [0.29, 0.717) is 13.0 Å². The summed E-state index contributed by atoms with van der Waals surface area (Å²) in [6.07, 6.45) is 3.61. The van der Waals surface area contributed by atoms with Crippen molar-refractivity contribution in [3.63, 3.8) is 0 Å². The number of amides is 2. The molecule has 0 aliphatic carbocycles. The Hall–Kier alpha value is -2.70. The van der Waals surface area contributed by atoms with Gasteiger partial charge in [-0.05, 0) is 68.6 Å². The first-order valence-corrected chi connectivity index (χ1v) is 12.6. The number of piperidine rings is 1. The van der Waals surface area contributed by atoms with Gasteiger partial charge >= 0.3 is 12.0 Å². The number of quaternary nitrogens is 1. The summed E-state index contributed by atoms with van der Waals surface area (Å²) in [4.78, 5) is 28.8. The van der Waals surface area contributed by atoms with Crippen molar-refractivity contribution in [2.45, 2.75) is 65.1 Å². The minimum absolute atomic E-state index is 0.0108. The van der Waals surface area contributed by atoms with Crippen molar-refractivity contribution in [2.24, 2.45) is 0 Å². The van der Waals surface area contributed by atoms with Crippen molar-refractivity contribution in [3.05, 3.63) is 53.6 Å². The molecule has 4 rings (SSSR count). The third-order valence-electron chi connectivity index (χ3n) is 8.09. The minimum atomic E-state index is -0.919. The lowest BCUT2D eigenvalue weighted by Gasteiger charge is -2.45. The molecule has 0 aromatic heterocycles. The molecular weight excluding hydrogens is 426 g/mol. The van der Waals surface area contributed by atoms with E-state index in [1.807, 2.05) is 27.0 Å². The predicted octanol–water partition coefficient (Wildman–Crippen LogP) is 5.66. The minimum Gasteiger partial charge on any atom is -0.465 e. The molecular formula is C28H38N3O3+. The number of likely N-dealkylation sites (tertiary alicyclic amines) is 1. The van der Waals surface area contributed by atoms with Crippen LogP contribution >= 0.6 is 0 Å². The van der Waals surface area contributed by atoms with Gasteiger partial charge in [-0.2, -0.15) is 0 Å². The van der Waals surface area contributed by atoms with Gasteiger partial charge in [0.2, 0.25) is 0 Å². The average molecular weight is 465 g/mol. The maximum atomic E-state index is 12.8. The zero-order chi connectivity index (χ0) is 24.5. The summed E-state index contributed by atoms with van der Waals surface area (Å²) in [5.41, 5.74) is 5.33. The fourth-order valence-electron chi connectivity index (χ4n) is 5.76. The Kier molecular flexibility index (Phi) is 7.10. The zero-order valence-corrected chi connectivity index (χ0v) is 21.0. The van der Waals surface area contributed by atoms with Crippen molar-refractivity contribution in [2.75, 3.05) is 26.7 Å². The van der Waals surface area contributed by atoms with Gasteiger partial charge in [0.25, 0.3) is 0 Å². The van der Waals surface area contributed by atoms with E-state index in [1.165, 1.54) is 42.8 Å². The van der Waals surface area contributed by atoms with E-state index in [0.717, 1.165) is 28.9 Å². The molecule has 2 aliphatic heterocycles. The summed E-state index contributed by atoms with van der Waals surface area (Å²) < 4.78 is 0.193. The van der Waals surface area contributed by atoms with Crippen molar-refractivity contribution in [1.82, 2.24) is 14.3 Å². The Labute approximate surface area is 203 Å². The molecule has 1 unspecified atom stereocenters. The van der Waals surface area contributed by atoms with E-state index >= 15 is 0 Å². The fraction of sp³-hybridized carbons (Fsp3) is 0.500. The van der Waals surface area contributed by atoms with E-state index in [9.17, 15) is 14.7 Å². The molecule has 2 amide bonds. The van der Waals surface area contributed by atoms with Gasteiger partial charge in [0.1, 0.15) is 5.69 Å². The van der Waals surface area contributed by atoms with Gasteiger partial charge in [-0.1, -0.05) is 30.7 Å². The van der Waals surface area contributed by atoms with Crippen molar-refractivity contribution >= 4 is 17.7 Å². The third-order valence-corrected chi connectivity index (χ3v) is 8.09. The largest absolute Gasteiger partial charge is 0.465 e. The Bertz CT molecular complexity index is 1050. The molecule has 3 atom stereocenters. The quantitative estimate of drug-likeness (QED) is 0.581. The fourth-order valence-corrected chi connectivity index (χ4v) is 5.76. The van der Waals surface area contributed by atoms with Gasteiger partial charge in [0.05, 0.1) is 26.1 Å². The Morgan fingerprint density at radius 1 is 1.06 bits per heavy atom. The van der Waals surface area contributed by atoms with Crippen molar-refractivity contribution in [3.8, 4) is 11.1 Å². The first-order valence-electron chi connectivity index (χ1n) is 12.6. The highest BCUT2D eigenvalue weighted by Crippen LogP contribution is 2.45. The van der Waals surface area contributed by atoms with Crippen LogP contribution in [0.5, 0.6) is 0 Å². The molecule has 1 N–H and O–H groups in total. The molecule has 34 heavy (non-hydrogen) atoms. The highest BCUT2D eigenvalue weighted by atomic mass is 16.4. The molecule has 2 heterocycles. The van der Waals surface area contributed by atoms with E-state index in [1.54, 1.807) is 6.92 Å². The van der Waals surface area contributed by atoms with E-state index in [-0.39, 0.29) is 22.5 Å². The van der Waals surface area contributed by atoms with Crippen LogP contribution in [0.4, 0.5) is 10.5 Å². The van der Waals surface area contributed by atoms with Gasteiger partial charge in [-0.3, -0.25) is 4.90 Å². The number of hydrogen-bond donors (Lipinski definition) is 1. The number of rotatable bonds is 5. The number of carbonyl (C=O) groups excluding carboxylic acids is 1. The molecule has 6 heteroatoms. The number of nitrogens with zero attached hydrogens (tertiary/aromatic N) is 3. The topological polar surface area (TPSA) is 60.9 Å². The normalized spacial score (nSPS) is 24.9. The molecule has 1 saturated heterocycles. The molecule has 0 spiro atoms. The number of carbonyl (C=O) groups is 2. The van der Waals surface area contributed by atoms with Crippen LogP contribution in [0.2, 0.25) is 0 Å². The van der Waals surface area contributed by atoms with Crippen LogP contribution in [0.25, 0.3) is 11.1 Å². The van der Waals surface area contributed by atoms with Crippen molar-refractivity contribution in [1.29, 1.82) is 0 Å². The molecule has 0 saturated carbocycles. The van der Waals surface area contributed by atoms with Gasteiger partial charge in [0.15, 0.2) is 0 Å². The second-order valence-corrected chi connectivity index (χ2v) is 10.1. The van der Waals surface area contributed by atoms with Gasteiger partial charge < -0.3 is 10.0 Å². The number of fused-ring (bicyclic) bond motifs is 1. The first-order chi connectivity index (χ1) is 16.3. The molecule has 182 valence electrons. The monoisotopic (exact) mass is 464 g/mol. The first kappa shape index (κ1) is 24.4. The number of benzene rings is 2. The number of carboxylic acid groups (broad SMARTS) is 1. The lowest BCUT2D eigenvalue weighted by atomic mass is 9.86. The lowest BCUT2D eigenvalue weighted by Crippen LogP contribution is -2.60. The highest BCUT2D eigenvalue weighted by molar-refractivity contribution is 5.89. The van der Waals surface area contributed by atoms with Crippen LogP contribution in [0.1, 0.15) is 63.6 Å². The van der Waals surface area contributed by atoms with Crippen LogP contribution in [0.3, 0.4) is 0 Å². The van der Waals surface area contributed by atoms with E-state index < -0.39 is 6.09 Å². The standard InChI is InChI=1S/C28H37N3O3/c1-5-30(28(33)34)26-17-20(2)31(4,21(3)32)27-14-13-24(18-25(26)27)23-11-9-22(10-12-23)19-29-15-7-6-8-16-29/h9-14,18,20,26H,5-8,15-17,19H2,1-4H3/p+1/t20-,26?,31+/m0/s1. The van der Waals surface area contributed by atoms with Crippen LogP contribution in [0, 0.1) is 0 Å². The summed E-state index contributed by atoms with van der Waals surface area (Å²) >= 11 is 0.